The van der Waals surface area contributed by atoms with Crippen molar-refractivity contribution in [2.45, 2.75) is 46.0 Å². The van der Waals surface area contributed by atoms with Crippen LogP contribution < -0.4 is 10.6 Å². The van der Waals surface area contributed by atoms with E-state index >= 15 is 0 Å². The molecule has 0 bridgehead atoms. The third-order valence-corrected chi connectivity index (χ3v) is 3.46. The van der Waals surface area contributed by atoms with Crippen molar-refractivity contribution in [1.82, 2.24) is 0 Å². The Kier molecular flexibility index (Phi) is 5.45. The minimum absolute atomic E-state index is 0.0415. The van der Waals surface area contributed by atoms with Crippen molar-refractivity contribution >= 4 is 5.69 Å². The maximum atomic E-state index is 13.2. The first-order valence-corrected chi connectivity index (χ1v) is 6.79. The molecule has 0 fully saturated rings. The fourth-order valence-corrected chi connectivity index (χ4v) is 2.32. The highest BCUT2D eigenvalue weighted by Gasteiger charge is 2.35. The molecule has 0 heterocycles. The largest absolute Gasteiger partial charge is 0.418 e. The second-order valence-corrected chi connectivity index (χ2v) is 5.64. The van der Waals surface area contributed by atoms with E-state index < -0.39 is 11.7 Å². The second-order valence-electron chi connectivity index (χ2n) is 5.64. The van der Waals surface area contributed by atoms with E-state index in [-0.39, 0.29) is 18.3 Å². The summed E-state index contributed by atoms with van der Waals surface area (Å²) in [4.78, 5) is 1.70. The van der Waals surface area contributed by atoms with Crippen molar-refractivity contribution in [1.29, 1.82) is 0 Å². The van der Waals surface area contributed by atoms with Crippen LogP contribution in [0.15, 0.2) is 18.2 Å². The van der Waals surface area contributed by atoms with E-state index in [4.69, 9.17) is 5.73 Å². The lowest BCUT2D eigenvalue weighted by Gasteiger charge is -2.31. The normalized spacial score (nSPS) is 13.7. The van der Waals surface area contributed by atoms with Crippen LogP contribution in [-0.4, -0.2) is 13.1 Å². The summed E-state index contributed by atoms with van der Waals surface area (Å²) in [6, 6.07) is 4.36. The van der Waals surface area contributed by atoms with Gasteiger partial charge in [0.15, 0.2) is 0 Å². The van der Waals surface area contributed by atoms with Gasteiger partial charge in [-0.05, 0) is 37.0 Å². The van der Waals surface area contributed by atoms with Gasteiger partial charge in [0.1, 0.15) is 0 Å². The Labute approximate surface area is 118 Å². The minimum atomic E-state index is -4.37. The lowest BCUT2D eigenvalue weighted by molar-refractivity contribution is -0.137. The molecule has 1 aromatic rings. The van der Waals surface area contributed by atoms with Crippen LogP contribution in [-0.2, 0) is 12.7 Å². The van der Waals surface area contributed by atoms with Crippen LogP contribution in [0.1, 0.15) is 38.3 Å². The molecule has 0 aliphatic carbocycles. The highest BCUT2D eigenvalue weighted by molar-refractivity contribution is 5.56. The highest BCUT2D eigenvalue weighted by Crippen LogP contribution is 2.37. The van der Waals surface area contributed by atoms with Crippen molar-refractivity contribution in [3.63, 3.8) is 0 Å². The standard InChI is InChI=1S/C15H23F3N2/c1-10(2)7-11(3)20(4)14-6-5-12(9-19)8-13(14)15(16,17)18/h5-6,8,10-11H,7,9,19H2,1-4H3. The predicted octanol–water partition coefficient (Wildman–Crippen LogP) is 4.03. The molecule has 2 nitrogen and oxygen atoms in total. The van der Waals surface area contributed by atoms with Crippen molar-refractivity contribution < 1.29 is 13.2 Å². The highest BCUT2D eigenvalue weighted by atomic mass is 19.4. The fourth-order valence-electron chi connectivity index (χ4n) is 2.32. The van der Waals surface area contributed by atoms with Gasteiger partial charge in [-0.25, -0.2) is 0 Å². The molecule has 2 N–H and O–H groups in total. The number of halogens is 3. The van der Waals surface area contributed by atoms with Crippen LogP contribution >= 0.6 is 0 Å². The second kappa shape index (κ2) is 6.48. The quantitative estimate of drug-likeness (QED) is 0.886. The molecule has 0 radical (unpaired) electrons. The molecule has 0 aliphatic rings. The van der Waals surface area contributed by atoms with Crippen molar-refractivity contribution in [2.75, 3.05) is 11.9 Å². The molecule has 0 saturated carbocycles. The summed E-state index contributed by atoms with van der Waals surface area (Å²) in [6.07, 6.45) is -3.53. The topological polar surface area (TPSA) is 29.3 Å². The lowest BCUT2D eigenvalue weighted by atomic mass is 10.0. The molecular formula is C15H23F3N2. The van der Waals surface area contributed by atoms with Gasteiger partial charge in [-0.3, -0.25) is 0 Å². The fraction of sp³-hybridized carbons (Fsp3) is 0.600. The third-order valence-electron chi connectivity index (χ3n) is 3.46. The molecule has 0 aromatic heterocycles. The van der Waals surface area contributed by atoms with Gasteiger partial charge in [0.05, 0.1) is 5.56 Å². The van der Waals surface area contributed by atoms with Gasteiger partial charge >= 0.3 is 6.18 Å². The Morgan fingerprint density at radius 1 is 1.20 bits per heavy atom. The number of benzene rings is 1. The average Bonchev–Trinajstić information content (AvgIpc) is 2.35. The molecule has 1 aromatic carbocycles. The monoisotopic (exact) mass is 288 g/mol. The zero-order chi connectivity index (χ0) is 15.5. The molecule has 20 heavy (non-hydrogen) atoms. The number of rotatable bonds is 5. The maximum absolute atomic E-state index is 13.2. The van der Waals surface area contributed by atoms with Crippen molar-refractivity contribution in [2.24, 2.45) is 11.7 Å². The molecule has 5 heteroatoms. The lowest BCUT2D eigenvalue weighted by Crippen LogP contribution is -2.32. The van der Waals surface area contributed by atoms with Gasteiger partial charge < -0.3 is 10.6 Å². The zero-order valence-electron chi connectivity index (χ0n) is 12.5. The van der Waals surface area contributed by atoms with Gasteiger partial charge in [-0.1, -0.05) is 19.9 Å². The maximum Gasteiger partial charge on any atom is 0.418 e. The first-order chi connectivity index (χ1) is 9.16. The van der Waals surface area contributed by atoms with E-state index in [2.05, 4.69) is 13.8 Å². The Bertz CT molecular complexity index is 441. The van der Waals surface area contributed by atoms with E-state index in [0.717, 1.165) is 12.5 Å². The van der Waals surface area contributed by atoms with Crippen LogP contribution in [0.3, 0.4) is 0 Å². The Balaban J connectivity index is 3.16. The molecule has 0 aliphatic heterocycles. The number of nitrogens with two attached hydrogens (primary N) is 1. The van der Waals surface area contributed by atoms with Crippen LogP contribution in [0, 0.1) is 5.92 Å². The van der Waals surface area contributed by atoms with Gasteiger partial charge in [-0.15, -0.1) is 0 Å². The summed E-state index contributed by atoms with van der Waals surface area (Å²) in [5.74, 6) is 0.435. The van der Waals surface area contributed by atoms with Gasteiger partial charge in [-0.2, -0.15) is 13.2 Å². The van der Waals surface area contributed by atoms with E-state index in [1.54, 1.807) is 18.0 Å². The third kappa shape index (κ3) is 4.13. The van der Waals surface area contributed by atoms with Crippen LogP contribution in [0.25, 0.3) is 0 Å². The Morgan fingerprint density at radius 2 is 1.80 bits per heavy atom. The van der Waals surface area contributed by atoms with Gasteiger partial charge in [0.25, 0.3) is 0 Å². The zero-order valence-corrected chi connectivity index (χ0v) is 12.5. The minimum Gasteiger partial charge on any atom is -0.371 e. The summed E-state index contributed by atoms with van der Waals surface area (Å²) >= 11 is 0. The number of alkyl halides is 3. The van der Waals surface area contributed by atoms with E-state index in [0.29, 0.717) is 11.5 Å². The van der Waals surface area contributed by atoms with Crippen LogP contribution in [0.5, 0.6) is 0 Å². The Hall–Kier alpha value is -1.23. The number of anilines is 1. The molecule has 0 amide bonds. The van der Waals surface area contributed by atoms with E-state index in [1.165, 1.54) is 6.07 Å². The smallest absolute Gasteiger partial charge is 0.371 e. The Morgan fingerprint density at radius 3 is 2.25 bits per heavy atom. The molecule has 0 saturated heterocycles. The molecule has 1 atom stereocenters. The first kappa shape index (κ1) is 16.8. The molecular weight excluding hydrogens is 265 g/mol. The molecule has 1 unspecified atom stereocenters. The first-order valence-electron chi connectivity index (χ1n) is 6.79. The number of nitrogens with zero attached hydrogens (tertiary/aromatic N) is 1. The van der Waals surface area contributed by atoms with Crippen LogP contribution in [0.2, 0.25) is 0 Å². The molecule has 1 rings (SSSR count). The molecule has 0 spiro atoms. The summed E-state index contributed by atoms with van der Waals surface area (Å²) in [5, 5.41) is 0. The van der Waals surface area contributed by atoms with E-state index in [9.17, 15) is 13.2 Å². The van der Waals surface area contributed by atoms with E-state index in [1.807, 2.05) is 6.92 Å². The summed E-state index contributed by atoms with van der Waals surface area (Å²) in [7, 11) is 1.71. The van der Waals surface area contributed by atoms with Gasteiger partial charge in [0.2, 0.25) is 0 Å². The van der Waals surface area contributed by atoms with Crippen molar-refractivity contribution in [3.8, 4) is 0 Å². The SMILES string of the molecule is CC(C)CC(C)N(C)c1ccc(CN)cc1C(F)(F)F. The number of hydrogen-bond acceptors (Lipinski definition) is 2. The number of hydrogen-bond donors (Lipinski definition) is 1. The van der Waals surface area contributed by atoms with Gasteiger partial charge in [0, 0.05) is 25.3 Å². The predicted molar refractivity (Wildman–Crippen MR) is 76.7 cm³/mol. The summed E-state index contributed by atoms with van der Waals surface area (Å²) in [5.41, 5.74) is 5.52. The summed E-state index contributed by atoms with van der Waals surface area (Å²) in [6.45, 7) is 6.17. The van der Waals surface area contributed by atoms with Crippen LogP contribution in [0.4, 0.5) is 18.9 Å². The summed E-state index contributed by atoms with van der Waals surface area (Å²) < 4.78 is 39.6. The average molecular weight is 288 g/mol. The van der Waals surface area contributed by atoms with Crippen molar-refractivity contribution in [3.05, 3.63) is 29.3 Å². The molecule has 114 valence electrons.